The minimum Gasteiger partial charge on any atom is -0.481 e. The molecule has 39 heavy (non-hydrogen) atoms. The first-order chi connectivity index (χ1) is 18.2. The van der Waals surface area contributed by atoms with Gasteiger partial charge in [-0.1, -0.05) is 30.1 Å². The minimum absolute atomic E-state index is 0.0612. The molecule has 0 saturated carbocycles. The number of nitrogens with zero attached hydrogens (tertiary/aromatic N) is 4. The lowest BCUT2D eigenvalue weighted by Crippen LogP contribution is -2.36. The highest BCUT2D eigenvalue weighted by Crippen LogP contribution is 2.20. The Balaban J connectivity index is 0.000000404. The number of sulfone groups is 1. The van der Waals surface area contributed by atoms with E-state index in [0.717, 1.165) is 12.3 Å². The second-order valence-electron chi connectivity index (χ2n) is 6.82. The maximum atomic E-state index is 12.5. The van der Waals surface area contributed by atoms with E-state index in [0.29, 0.717) is 0 Å². The zero-order chi connectivity index (χ0) is 29.4. The molecule has 0 fully saturated rings. The number of hydrogen-bond acceptors (Lipinski definition) is 12. The van der Waals surface area contributed by atoms with Crippen LogP contribution in [0.15, 0.2) is 46.5 Å². The summed E-state index contributed by atoms with van der Waals surface area (Å²) in [6.07, 6.45) is 1.09. The number of halogens is 2. The zero-order valence-electron chi connectivity index (χ0n) is 20.2. The van der Waals surface area contributed by atoms with Gasteiger partial charge in [0.25, 0.3) is 10.0 Å². The molecule has 3 N–H and O–H groups in total. The number of methoxy groups -OCH3 is 2. The van der Waals surface area contributed by atoms with Crippen LogP contribution in [0.2, 0.25) is 10.2 Å². The molecule has 0 spiro atoms. The molecule has 0 radical (unpaired) electrons. The lowest BCUT2D eigenvalue weighted by Gasteiger charge is -2.11. The summed E-state index contributed by atoms with van der Waals surface area (Å²) in [7, 11) is -5.85. The summed E-state index contributed by atoms with van der Waals surface area (Å²) in [6.45, 7) is 1.35. The Morgan fingerprint density at radius 3 is 2.13 bits per heavy atom. The van der Waals surface area contributed by atoms with E-state index in [1.807, 2.05) is 0 Å². The third kappa shape index (κ3) is 8.60. The van der Waals surface area contributed by atoms with Gasteiger partial charge in [-0.05, 0) is 24.3 Å². The molecule has 2 amide bonds. The maximum Gasteiger partial charge on any atom is 0.356 e. The van der Waals surface area contributed by atoms with Crippen LogP contribution in [-0.4, -0.2) is 73.9 Å². The first-order valence-electron chi connectivity index (χ1n) is 10.3. The molecule has 3 rings (SSSR count). The molecular weight excluding hydrogens is 603 g/mol. The molecule has 0 bridgehead atoms. The van der Waals surface area contributed by atoms with E-state index in [-0.39, 0.29) is 39.3 Å². The molecule has 0 saturated heterocycles. The van der Waals surface area contributed by atoms with Crippen LogP contribution < -0.4 is 19.5 Å². The molecule has 3 aromatic heterocycles. The van der Waals surface area contributed by atoms with Gasteiger partial charge in [0.15, 0.2) is 20.6 Å². The third-order valence-electron chi connectivity index (χ3n) is 4.27. The number of aromatic carboxylic acids is 1. The lowest BCUT2D eigenvalue weighted by atomic mass is 10.3. The number of hydrogen-bond donors (Lipinski definition) is 3. The number of amides is 2. The number of aromatic nitrogens is 4. The van der Waals surface area contributed by atoms with Crippen LogP contribution in [0.4, 0.5) is 10.7 Å². The Bertz CT molecular complexity index is 1570. The van der Waals surface area contributed by atoms with E-state index < -0.39 is 41.8 Å². The molecule has 210 valence electrons. The van der Waals surface area contributed by atoms with Gasteiger partial charge in [0.1, 0.15) is 10.0 Å². The molecular formula is C20H20Cl2N6O9S2. The van der Waals surface area contributed by atoms with Gasteiger partial charge >= 0.3 is 12.0 Å². The Labute approximate surface area is 232 Å². The highest BCUT2D eigenvalue weighted by molar-refractivity contribution is 7.93. The zero-order valence-corrected chi connectivity index (χ0v) is 23.4. The molecule has 3 aromatic rings. The van der Waals surface area contributed by atoms with Crippen LogP contribution in [0.5, 0.6) is 11.8 Å². The molecule has 0 atom stereocenters. The van der Waals surface area contributed by atoms with Gasteiger partial charge in [-0.2, -0.15) is 18.4 Å². The highest BCUT2D eigenvalue weighted by Gasteiger charge is 2.28. The maximum absolute atomic E-state index is 12.5. The van der Waals surface area contributed by atoms with Crippen molar-refractivity contribution in [3.05, 3.63) is 52.4 Å². The number of ether oxygens (including phenoxy) is 2. The molecule has 0 aliphatic heterocycles. The van der Waals surface area contributed by atoms with Crippen molar-refractivity contribution in [3.63, 3.8) is 0 Å². The number of carboxylic acids is 1. The summed E-state index contributed by atoms with van der Waals surface area (Å²) in [4.78, 5) is 36.7. The average Bonchev–Trinajstić information content (AvgIpc) is 2.89. The first-order valence-corrected chi connectivity index (χ1v) is 14.2. The number of sulfonamides is 1. The van der Waals surface area contributed by atoms with E-state index in [4.69, 9.17) is 37.8 Å². The predicted octanol–water partition coefficient (Wildman–Crippen LogP) is 2.28. The fraction of sp³-hybridized carbons (Fsp3) is 0.200. The molecule has 0 aliphatic rings. The molecule has 19 heteroatoms. The van der Waals surface area contributed by atoms with Crippen molar-refractivity contribution in [1.29, 1.82) is 0 Å². The molecule has 0 aliphatic carbocycles. The van der Waals surface area contributed by atoms with Crippen LogP contribution in [0.25, 0.3) is 0 Å². The predicted molar refractivity (Wildman–Crippen MR) is 138 cm³/mol. The largest absolute Gasteiger partial charge is 0.481 e. The number of anilines is 1. The van der Waals surface area contributed by atoms with Crippen LogP contribution in [0.3, 0.4) is 0 Å². The van der Waals surface area contributed by atoms with Crippen LogP contribution in [0.1, 0.15) is 17.4 Å². The van der Waals surface area contributed by atoms with Gasteiger partial charge in [-0.25, -0.2) is 32.7 Å². The van der Waals surface area contributed by atoms with E-state index in [1.54, 1.807) is 4.72 Å². The average molecular weight is 623 g/mol. The number of pyridine rings is 2. The van der Waals surface area contributed by atoms with Crippen molar-refractivity contribution in [2.75, 3.05) is 25.3 Å². The number of carbonyl (C=O) groups is 2. The fourth-order valence-electron chi connectivity index (χ4n) is 2.50. The van der Waals surface area contributed by atoms with Crippen LogP contribution in [-0.2, 0) is 19.9 Å². The summed E-state index contributed by atoms with van der Waals surface area (Å²) in [5.74, 6) is -1.70. The van der Waals surface area contributed by atoms with E-state index in [2.05, 4.69) is 25.3 Å². The summed E-state index contributed by atoms with van der Waals surface area (Å²) in [5.41, 5.74) is -0.223. The smallest absolute Gasteiger partial charge is 0.356 e. The van der Waals surface area contributed by atoms with Crippen molar-refractivity contribution < 1.29 is 41.0 Å². The molecule has 3 heterocycles. The third-order valence-corrected chi connectivity index (χ3v) is 7.96. The summed E-state index contributed by atoms with van der Waals surface area (Å²) in [5, 5.41) is 9.99. The second-order valence-corrected chi connectivity index (χ2v) is 11.5. The second kappa shape index (κ2) is 13.3. The minimum atomic E-state index is -4.61. The number of carboxylic acid groups (broad SMARTS) is 1. The Morgan fingerprint density at radius 2 is 1.62 bits per heavy atom. The van der Waals surface area contributed by atoms with Gasteiger partial charge in [0.05, 0.1) is 31.1 Å². The van der Waals surface area contributed by atoms with Gasteiger partial charge in [0.2, 0.25) is 17.7 Å². The standard InChI is InChI=1S/C14H17N5O7S2.C6H3Cl2NO2/c1-4-27(21,22)9-6-5-7-15-12(9)28(23,24)19-14(20)18-13-16-10(25-2)8-11(17-13)26-3;7-3-1-2-4(8)9-5(3)6(10)11/h5-8H,4H2,1-3H3,(H2,16,17,18,19,20);1-2H,(H,10,11). The van der Waals surface area contributed by atoms with Crippen molar-refractivity contribution in [3.8, 4) is 11.8 Å². The molecule has 15 nitrogen and oxygen atoms in total. The van der Waals surface area contributed by atoms with E-state index >= 15 is 0 Å². The lowest BCUT2D eigenvalue weighted by molar-refractivity contribution is 0.0690. The number of urea groups is 1. The van der Waals surface area contributed by atoms with Gasteiger partial charge in [0, 0.05) is 6.20 Å². The SMILES string of the molecule is CCS(=O)(=O)c1cccnc1S(=O)(=O)NC(=O)Nc1nc(OC)cc(OC)n1.O=C(O)c1nc(Cl)ccc1Cl. The normalized spacial score (nSPS) is 11.0. The Kier molecular flexibility index (Phi) is 10.7. The molecule has 0 aromatic carbocycles. The van der Waals surface area contributed by atoms with Crippen molar-refractivity contribution in [1.82, 2.24) is 24.7 Å². The Morgan fingerprint density at radius 1 is 1.00 bits per heavy atom. The number of nitrogens with one attached hydrogen (secondary N) is 2. The summed E-state index contributed by atoms with van der Waals surface area (Å²) < 4.78 is 60.7. The first kappa shape index (κ1) is 31.4. The number of carbonyl (C=O) groups excluding carboxylic acids is 1. The van der Waals surface area contributed by atoms with Gasteiger partial charge in [-0.15, -0.1) is 0 Å². The summed E-state index contributed by atoms with van der Waals surface area (Å²) >= 11 is 10.9. The Hall–Kier alpha value is -3.80. The topological polar surface area (TPSA) is 217 Å². The quantitative estimate of drug-likeness (QED) is 0.307. The number of rotatable bonds is 8. The van der Waals surface area contributed by atoms with Gasteiger partial charge in [-0.3, -0.25) is 5.32 Å². The van der Waals surface area contributed by atoms with Crippen molar-refractivity contribution in [2.45, 2.75) is 16.8 Å². The molecule has 0 unspecified atom stereocenters. The van der Waals surface area contributed by atoms with E-state index in [9.17, 15) is 26.4 Å². The van der Waals surface area contributed by atoms with Crippen molar-refractivity contribution in [2.24, 2.45) is 0 Å². The fourth-order valence-corrected chi connectivity index (χ4v) is 5.39. The van der Waals surface area contributed by atoms with E-state index in [1.165, 1.54) is 45.4 Å². The van der Waals surface area contributed by atoms with Crippen LogP contribution >= 0.6 is 23.2 Å². The monoisotopic (exact) mass is 622 g/mol. The van der Waals surface area contributed by atoms with Crippen LogP contribution in [0, 0.1) is 0 Å². The summed E-state index contributed by atoms with van der Waals surface area (Å²) in [6, 6.07) is 5.29. The van der Waals surface area contributed by atoms with Crippen molar-refractivity contribution >= 4 is 61.0 Å². The van der Waals surface area contributed by atoms with Gasteiger partial charge < -0.3 is 14.6 Å². The highest BCUT2D eigenvalue weighted by atomic mass is 35.5.